The van der Waals surface area contributed by atoms with Crippen molar-refractivity contribution in [2.75, 3.05) is 11.9 Å². The molecule has 0 spiro atoms. The fourth-order valence-corrected chi connectivity index (χ4v) is 2.24. The average Bonchev–Trinajstić information content (AvgIpc) is 2.60. The first kappa shape index (κ1) is 19.3. The van der Waals surface area contributed by atoms with Gasteiger partial charge in [-0.15, -0.1) is 0 Å². The predicted octanol–water partition coefficient (Wildman–Crippen LogP) is 3.76. The van der Waals surface area contributed by atoms with E-state index in [1.165, 1.54) is 24.3 Å². The number of carbonyl (C=O) groups is 1. The Kier molecular flexibility index (Phi) is 6.62. The number of nitrogens with zero attached hydrogens (tertiary/aromatic N) is 1. The van der Waals surface area contributed by atoms with Crippen LogP contribution >= 0.6 is 12.2 Å². The number of non-ortho nitro benzene ring substituents is 1. The molecule has 136 valence electrons. The largest absolute Gasteiger partial charge is 0.491 e. The topological polar surface area (TPSA) is 93.5 Å². The first-order valence-electron chi connectivity index (χ1n) is 7.95. The summed E-state index contributed by atoms with van der Waals surface area (Å²) in [6.45, 7) is 4.63. The lowest BCUT2D eigenvalue weighted by Gasteiger charge is -2.15. The summed E-state index contributed by atoms with van der Waals surface area (Å²) in [5, 5.41) is 16.3. The third-order valence-electron chi connectivity index (χ3n) is 3.25. The van der Waals surface area contributed by atoms with Gasteiger partial charge in [-0.05, 0) is 36.3 Å². The predicted molar refractivity (Wildman–Crippen MR) is 104 cm³/mol. The Hall–Kier alpha value is -3.00. The Bertz CT molecular complexity index is 824. The van der Waals surface area contributed by atoms with Gasteiger partial charge in [-0.2, -0.15) is 0 Å². The summed E-state index contributed by atoms with van der Waals surface area (Å²) in [6.07, 6.45) is 0. The van der Waals surface area contributed by atoms with Crippen LogP contribution in [-0.4, -0.2) is 22.5 Å². The van der Waals surface area contributed by atoms with E-state index in [1.807, 2.05) is 26.0 Å². The molecule has 0 saturated carbocycles. The van der Waals surface area contributed by atoms with Gasteiger partial charge >= 0.3 is 0 Å². The Morgan fingerprint density at radius 3 is 2.65 bits per heavy atom. The number of nitrogens with one attached hydrogen (secondary N) is 2. The summed E-state index contributed by atoms with van der Waals surface area (Å²) in [7, 11) is 0. The summed E-state index contributed by atoms with van der Waals surface area (Å²) in [5.74, 6) is 0.448. The molecule has 2 aromatic carbocycles. The molecule has 0 aliphatic carbocycles. The van der Waals surface area contributed by atoms with E-state index in [-0.39, 0.29) is 16.4 Å². The minimum atomic E-state index is -0.560. The van der Waals surface area contributed by atoms with Crippen LogP contribution in [-0.2, 0) is 0 Å². The van der Waals surface area contributed by atoms with Gasteiger partial charge in [0.2, 0.25) is 0 Å². The van der Waals surface area contributed by atoms with E-state index < -0.39 is 10.8 Å². The molecule has 0 fully saturated rings. The SMILES string of the molecule is CC(C)COc1ccccc1NC(=S)NC(=O)c1cccc([N+](=O)[O-])c1. The van der Waals surface area contributed by atoms with E-state index in [1.54, 1.807) is 12.1 Å². The van der Waals surface area contributed by atoms with Crippen molar-refractivity contribution >= 4 is 34.6 Å². The van der Waals surface area contributed by atoms with Gasteiger partial charge in [-0.3, -0.25) is 20.2 Å². The van der Waals surface area contributed by atoms with Gasteiger partial charge in [0.15, 0.2) is 5.11 Å². The van der Waals surface area contributed by atoms with Crippen molar-refractivity contribution in [3.63, 3.8) is 0 Å². The number of rotatable bonds is 6. The van der Waals surface area contributed by atoms with Crippen LogP contribution in [0.15, 0.2) is 48.5 Å². The van der Waals surface area contributed by atoms with E-state index in [9.17, 15) is 14.9 Å². The second-order valence-corrected chi connectivity index (χ2v) is 6.32. The van der Waals surface area contributed by atoms with Gasteiger partial charge in [0.25, 0.3) is 11.6 Å². The Morgan fingerprint density at radius 2 is 1.96 bits per heavy atom. The molecule has 0 saturated heterocycles. The van der Waals surface area contributed by atoms with Crippen LogP contribution in [0.3, 0.4) is 0 Å². The fraction of sp³-hybridized carbons (Fsp3) is 0.222. The maximum atomic E-state index is 12.2. The molecule has 0 bridgehead atoms. The van der Waals surface area contributed by atoms with Crippen molar-refractivity contribution in [2.24, 2.45) is 5.92 Å². The van der Waals surface area contributed by atoms with Crippen LogP contribution in [0.4, 0.5) is 11.4 Å². The molecule has 0 aromatic heterocycles. The minimum absolute atomic E-state index is 0.0714. The van der Waals surface area contributed by atoms with Crippen molar-refractivity contribution in [1.82, 2.24) is 5.32 Å². The molecule has 0 unspecified atom stereocenters. The van der Waals surface area contributed by atoms with Gasteiger partial charge in [0.05, 0.1) is 17.2 Å². The Balaban J connectivity index is 2.04. The van der Waals surface area contributed by atoms with Crippen molar-refractivity contribution in [1.29, 1.82) is 0 Å². The highest BCUT2D eigenvalue weighted by atomic mass is 32.1. The van der Waals surface area contributed by atoms with Crippen molar-refractivity contribution in [2.45, 2.75) is 13.8 Å². The highest BCUT2D eigenvalue weighted by molar-refractivity contribution is 7.80. The fourth-order valence-electron chi connectivity index (χ4n) is 2.04. The number of ether oxygens (including phenoxy) is 1. The van der Waals surface area contributed by atoms with E-state index in [0.717, 1.165) is 0 Å². The summed E-state index contributed by atoms with van der Waals surface area (Å²) in [6, 6.07) is 12.7. The van der Waals surface area contributed by atoms with Gasteiger partial charge in [-0.1, -0.05) is 32.0 Å². The van der Waals surface area contributed by atoms with Crippen molar-refractivity contribution in [3.8, 4) is 5.75 Å². The molecule has 2 rings (SSSR count). The number of thiocarbonyl (C=S) groups is 1. The third kappa shape index (κ3) is 5.52. The Labute approximate surface area is 156 Å². The zero-order valence-corrected chi connectivity index (χ0v) is 15.2. The molecule has 2 N–H and O–H groups in total. The number of nitro benzene ring substituents is 1. The first-order valence-corrected chi connectivity index (χ1v) is 8.36. The molecule has 0 atom stereocenters. The zero-order chi connectivity index (χ0) is 19.1. The number of para-hydroxylation sites is 2. The lowest BCUT2D eigenvalue weighted by Crippen LogP contribution is -2.34. The summed E-state index contributed by atoms with van der Waals surface area (Å²) in [4.78, 5) is 22.5. The molecule has 0 heterocycles. The molecule has 1 amide bonds. The van der Waals surface area contributed by atoms with Gasteiger partial charge in [-0.25, -0.2) is 0 Å². The maximum Gasteiger partial charge on any atom is 0.270 e. The normalized spacial score (nSPS) is 10.3. The number of amides is 1. The van der Waals surface area contributed by atoms with E-state index in [2.05, 4.69) is 10.6 Å². The van der Waals surface area contributed by atoms with Gasteiger partial charge < -0.3 is 10.1 Å². The van der Waals surface area contributed by atoms with Crippen LogP contribution < -0.4 is 15.4 Å². The Morgan fingerprint density at radius 1 is 1.23 bits per heavy atom. The number of benzene rings is 2. The van der Waals surface area contributed by atoms with Crippen LogP contribution in [0, 0.1) is 16.0 Å². The number of anilines is 1. The summed E-state index contributed by atoms with van der Waals surface area (Å²) < 4.78 is 5.72. The van der Waals surface area contributed by atoms with E-state index >= 15 is 0 Å². The van der Waals surface area contributed by atoms with Gasteiger partial charge in [0, 0.05) is 17.7 Å². The van der Waals surface area contributed by atoms with E-state index in [0.29, 0.717) is 24.0 Å². The van der Waals surface area contributed by atoms with Crippen LogP contribution in [0.5, 0.6) is 5.75 Å². The standard InChI is InChI=1S/C18H19N3O4S/c1-12(2)11-25-16-9-4-3-8-15(16)19-18(26)20-17(22)13-6-5-7-14(10-13)21(23)24/h3-10,12H,11H2,1-2H3,(H2,19,20,22,26). The monoisotopic (exact) mass is 373 g/mol. The van der Waals surface area contributed by atoms with Crippen LogP contribution in [0.25, 0.3) is 0 Å². The summed E-state index contributed by atoms with van der Waals surface area (Å²) >= 11 is 5.16. The summed E-state index contributed by atoms with van der Waals surface area (Å²) in [5.41, 5.74) is 0.606. The zero-order valence-electron chi connectivity index (χ0n) is 14.4. The minimum Gasteiger partial charge on any atom is -0.491 e. The molecule has 0 aliphatic heterocycles. The molecule has 0 radical (unpaired) electrons. The number of nitro groups is 1. The molecular weight excluding hydrogens is 354 g/mol. The highest BCUT2D eigenvalue weighted by Crippen LogP contribution is 2.24. The quantitative estimate of drug-likeness (QED) is 0.455. The molecule has 2 aromatic rings. The number of carbonyl (C=O) groups excluding carboxylic acids is 1. The van der Waals surface area contributed by atoms with Crippen molar-refractivity contribution < 1.29 is 14.5 Å². The molecule has 8 heteroatoms. The lowest BCUT2D eigenvalue weighted by molar-refractivity contribution is -0.384. The highest BCUT2D eigenvalue weighted by Gasteiger charge is 2.13. The lowest BCUT2D eigenvalue weighted by atomic mass is 10.2. The third-order valence-corrected chi connectivity index (χ3v) is 3.46. The van der Waals surface area contributed by atoms with Crippen molar-refractivity contribution in [3.05, 3.63) is 64.2 Å². The second-order valence-electron chi connectivity index (χ2n) is 5.92. The first-order chi connectivity index (χ1) is 12.4. The maximum absolute atomic E-state index is 12.2. The molecule has 7 nitrogen and oxygen atoms in total. The van der Waals surface area contributed by atoms with Crippen LogP contribution in [0.1, 0.15) is 24.2 Å². The second kappa shape index (κ2) is 8.91. The van der Waals surface area contributed by atoms with E-state index in [4.69, 9.17) is 17.0 Å². The van der Waals surface area contributed by atoms with Crippen LogP contribution in [0.2, 0.25) is 0 Å². The smallest absolute Gasteiger partial charge is 0.270 e. The molecule has 26 heavy (non-hydrogen) atoms. The average molecular weight is 373 g/mol. The molecular formula is C18H19N3O4S. The molecule has 0 aliphatic rings. The van der Waals surface area contributed by atoms with Gasteiger partial charge in [0.1, 0.15) is 5.75 Å². The number of hydrogen-bond acceptors (Lipinski definition) is 5. The number of hydrogen-bond donors (Lipinski definition) is 2.